The highest BCUT2D eigenvalue weighted by Crippen LogP contribution is 2.24. The highest BCUT2D eigenvalue weighted by molar-refractivity contribution is 5.77. The third kappa shape index (κ3) is 4.44. The molecule has 0 bridgehead atoms. The van der Waals surface area contributed by atoms with Gasteiger partial charge < -0.3 is 4.74 Å². The van der Waals surface area contributed by atoms with Crippen molar-refractivity contribution in [3.63, 3.8) is 0 Å². The molecule has 2 aromatic carbocycles. The lowest BCUT2D eigenvalue weighted by Crippen LogP contribution is -2.49. The van der Waals surface area contributed by atoms with Gasteiger partial charge in [0, 0.05) is 32.7 Å². The minimum Gasteiger partial charge on any atom is -0.468 e. The van der Waals surface area contributed by atoms with Crippen LogP contribution in [0.1, 0.15) is 17.2 Å². The molecule has 25 heavy (non-hydrogen) atoms. The molecular formula is C20H23FN2O2. The second-order valence-corrected chi connectivity index (χ2v) is 6.27. The number of ether oxygens (including phenoxy) is 1. The Hall–Kier alpha value is -2.24. The maximum absolute atomic E-state index is 13.2. The largest absolute Gasteiger partial charge is 0.468 e. The number of esters is 1. The lowest BCUT2D eigenvalue weighted by Gasteiger charge is -2.38. The first-order chi connectivity index (χ1) is 12.2. The summed E-state index contributed by atoms with van der Waals surface area (Å²) in [7, 11) is 1.39. The lowest BCUT2D eigenvalue weighted by molar-refractivity contribution is -0.148. The van der Waals surface area contributed by atoms with Gasteiger partial charge in [0.25, 0.3) is 0 Å². The summed E-state index contributed by atoms with van der Waals surface area (Å²) in [5.41, 5.74) is 2.06. The molecule has 0 radical (unpaired) electrons. The number of rotatable bonds is 5. The van der Waals surface area contributed by atoms with Crippen molar-refractivity contribution >= 4 is 5.97 Å². The first-order valence-corrected chi connectivity index (χ1v) is 8.51. The van der Waals surface area contributed by atoms with Gasteiger partial charge in [-0.3, -0.25) is 9.80 Å². The summed E-state index contributed by atoms with van der Waals surface area (Å²) >= 11 is 0. The quantitative estimate of drug-likeness (QED) is 0.783. The molecule has 0 N–H and O–H groups in total. The molecule has 0 aromatic heterocycles. The molecule has 0 aliphatic carbocycles. The predicted molar refractivity (Wildman–Crippen MR) is 94.4 cm³/mol. The molecule has 0 unspecified atom stereocenters. The van der Waals surface area contributed by atoms with Gasteiger partial charge in [0.05, 0.1) is 7.11 Å². The van der Waals surface area contributed by atoms with Crippen LogP contribution >= 0.6 is 0 Å². The maximum atomic E-state index is 13.2. The average molecular weight is 342 g/mol. The number of hydrogen-bond donors (Lipinski definition) is 0. The molecule has 4 nitrogen and oxygen atoms in total. The summed E-state index contributed by atoms with van der Waals surface area (Å²) in [6.45, 7) is 4.20. The van der Waals surface area contributed by atoms with Gasteiger partial charge in [-0.2, -0.15) is 0 Å². The van der Waals surface area contributed by atoms with Gasteiger partial charge in [0.1, 0.15) is 11.9 Å². The third-order valence-electron chi connectivity index (χ3n) is 4.63. The minimum absolute atomic E-state index is 0.303. The van der Waals surface area contributed by atoms with Crippen LogP contribution < -0.4 is 0 Å². The summed E-state index contributed by atoms with van der Waals surface area (Å²) in [4.78, 5) is 16.8. The molecule has 1 aliphatic rings. The maximum Gasteiger partial charge on any atom is 0.327 e. The molecule has 1 fully saturated rings. The Morgan fingerprint density at radius 1 is 1.04 bits per heavy atom. The molecule has 132 valence electrons. The fourth-order valence-electron chi connectivity index (χ4n) is 3.27. The van der Waals surface area contributed by atoms with E-state index in [9.17, 15) is 9.18 Å². The van der Waals surface area contributed by atoms with Crippen molar-refractivity contribution in [1.82, 2.24) is 9.80 Å². The SMILES string of the molecule is COC(=O)[C@H](c1ccc(F)cc1)N1CCN(Cc2ccccc2)CC1. The summed E-state index contributed by atoms with van der Waals surface area (Å²) in [5.74, 6) is -0.608. The zero-order chi connectivity index (χ0) is 17.6. The van der Waals surface area contributed by atoms with Gasteiger partial charge in [-0.1, -0.05) is 42.5 Å². The van der Waals surface area contributed by atoms with Gasteiger partial charge in [-0.25, -0.2) is 9.18 Å². The number of nitrogens with zero attached hydrogens (tertiary/aromatic N) is 2. The Bertz CT molecular complexity index is 683. The van der Waals surface area contributed by atoms with Gasteiger partial charge in [-0.15, -0.1) is 0 Å². The number of halogens is 1. The van der Waals surface area contributed by atoms with Crippen molar-refractivity contribution in [3.8, 4) is 0 Å². The number of carbonyl (C=O) groups excluding carboxylic acids is 1. The van der Waals surface area contributed by atoms with E-state index in [2.05, 4.69) is 21.9 Å². The number of piperazine rings is 1. The van der Waals surface area contributed by atoms with Crippen LogP contribution in [0.4, 0.5) is 4.39 Å². The Balaban J connectivity index is 1.66. The molecular weight excluding hydrogens is 319 g/mol. The van der Waals surface area contributed by atoms with Gasteiger partial charge in [0.2, 0.25) is 0 Å². The molecule has 3 rings (SSSR count). The summed E-state index contributed by atoms with van der Waals surface area (Å²) in [5, 5.41) is 0. The number of methoxy groups -OCH3 is 1. The van der Waals surface area contributed by atoms with Gasteiger partial charge in [-0.05, 0) is 23.3 Å². The lowest BCUT2D eigenvalue weighted by atomic mass is 10.0. The smallest absolute Gasteiger partial charge is 0.327 e. The van der Waals surface area contributed by atoms with E-state index in [1.165, 1.54) is 24.8 Å². The number of carbonyl (C=O) groups is 1. The van der Waals surface area contributed by atoms with Crippen LogP contribution in [0.2, 0.25) is 0 Å². The van der Waals surface area contributed by atoms with Crippen molar-refractivity contribution in [2.45, 2.75) is 12.6 Å². The standard InChI is InChI=1S/C20H23FN2O2/c1-25-20(24)19(17-7-9-18(21)10-8-17)23-13-11-22(12-14-23)15-16-5-3-2-4-6-16/h2-10,19H,11-15H2,1H3/t19-/m0/s1. The molecule has 1 aliphatic heterocycles. The Morgan fingerprint density at radius 3 is 2.28 bits per heavy atom. The Labute approximate surface area is 147 Å². The second kappa shape index (κ2) is 8.23. The second-order valence-electron chi connectivity index (χ2n) is 6.27. The van der Waals surface area contributed by atoms with E-state index in [4.69, 9.17) is 4.74 Å². The van der Waals surface area contributed by atoms with E-state index in [-0.39, 0.29) is 11.8 Å². The van der Waals surface area contributed by atoms with Gasteiger partial charge >= 0.3 is 5.97 Å². The monoisotopic (exact) mass is 342 g/mol. The molecule has 0 amide bonds. The van der Waals surface area contributed by atoms with Crippen molar-refractivity contribution in [3.05, 3.63) is 71.5 Å². The van der Waals surface area contributed by atoms with E-state index < -0.39 is 6.04 Å². The average Bonchev–Trinajstić information content (AvgIpc) is 2.65. The predicted octanol–water partition coefficient (Wildman–Crippen LogP) is 2.86. The van der Waals surface area contributed by atoms with E-state index in [1.54, 1.807) is 12.1 Å². The molecule has 0 saturated carbocycles. The van der Waals surface area contributed by atoms with E-state index in [1.807, 2.05) is 18.2 Å². The van der Waals surface area contributed by atoms with Crippen molar-refractivity contribution < 1.29 is 13.9 Å². The number of benzene rings is 2. The van der Waals surface area contributed by atoms with E-state index in [0.717, 1.165) is 38.3 Å². The molecule has 1 saturated heterocycles. The van der Waals surface area contributed by atoms with Crippen molar-refractivity contribution in [2.75, 3.05) is 33.3 Å². The normalized spacial score (nSPS) is 17.2. The minimum atomic E-state index is -0.482. The topological polar surface area (TPSA) is 32.8 Å². The van der Waals surface area contributed by atoms with Crippen LogP contribution in [0.3, 0.4) is 0 Å². The Kier molecular flexibility index (Phi) is 5.79. The fourth-order valence-corrected chi connectivity index (χ4v) is 3.27. The highest BCUT2D eigenvalue weighted by atomic mass is 19.1. The molecule has 0 spiro atoms. The molecule has 1 heterocycles. The van der Waals surface area contributed by atoms with Crippen LogP contribution in [-0.4, -0.2) is 49.1 Å². The van der Waals surface area contributed by atoms with Crippen molar-refractivity contribution in [1.29, 1.82) is 0 Å². The molecule has 5 heteroatoms. The first kappa shape index (κ1) is 17.6. The highest BCUT2D eigenvalue weighted by Gasteiger charge is 2.31. The van der Waals surface area contributed by atoms with E-state index in [0.29, 0.717) is 0 Å². The first-order valence-electron chi connectivity index (χ1n) is 8.51. The van der Waals surface area contributed by atoms with Crippen LogP contribution in [-0.2, 0) is 16.1 Å². The van der Waals surface area contributed by atoms with Crippen LogP contribution in [0.25, 0.3) is 0 Å². The molecule has 2 aromatic rings. The molecule has 1 atom stereocenters. The van der Waals surface area contributed by atoms with Crippen LogP contribution in [0.5, 0.6) is 0 Å². The van der Waals surface area contributed by atoms with Gasteiger partial charge in [0.15, 0.2) is 0 Å². The summed E-state index contributed by atoms with van der Waals surface area (Å²) < 4.78 is 18.2. The van der Waals surface area contributed by atoms with Crippen LogP contribution in [0, 0.1) is 5.82 Å². The number of hydrogen-bond acceptors (Lipinski definition) is 4. The fraction of sp³-hybridized carbons (Fsp3) is 0.350. The van der Waals surface area contributed by atoms with Crippen molar-refractivity contribution in [2.24, 2.45) is 0 Å². The Morgan fingerprint density at radius 2 is 1.68 bits per heavy atom. The zero-order valence-electron chi connectivity index (χ0n) is 14.4. The summed E-state index contributed by atoms with van der Waals surface area (Å²) in [6.07, 6.45) is 0. The van der Waals surface area contributed by atoms with Crippen LogP contribution in [0.15, 0.2) is 54.6 Å². The zero-order valence-corrected chi connectivity index (χ0v) is 14.4. The third-order valence-corrected chi connectivity index (χ3v) is 4.63. The summed E-state index contributed by atoms with van der Waals surface area (Å²) in [6, 6.07) is 16.0. The van der Waals surface area contributed by atoms with E-state index >= 15 is 0 Å².